The molecule has 1 amide bonds. The van der Waals surface area contributed by atoms with Gasteiger partial charge in [0.2, 0.25) is 0 Å². The molecule has 2 aromatic heterocycles. The molecule has 7 nitrogen and oxygen atoms in total. The zero-order valence-electron chi connectivity index (χ0n) is 17.4. The first-order valence-corrected chi connectivity index (χ1v) is 11.0. The van der Waals surface area contributed by atoms with Crippen LogP contribution in [-0.2, 0) is 6.18 Å². The number of anilines is 1. The number of likely N-dealkylation sites (tertiary alicyclic amines) is 1. The summed E-state index contributed by atoms with van der Waals surface area (Å²) < 4.78 is 53.5. The first-order valence-electron chi connectivity index (χ1n) is 10.6. The van der Waals surface area contributed by atoms with Gasteiger partial charge in [-0.1, -0.05) is 17.7 Å². The second-order valence-electron chi connectivity index (χ2n) is 9.00. The number of amides is 1. The third-order valence-electron chi connectivity index (χ3n) is 7.19. The fraction of sp³-hybridized carbons (Fsp3) is 0.364. The summed E-state index contributed by atoms with van der Waals surface area (Å²) in [4.78, 5) is 20.3. The molecule has 1 saturated heterocycles. The molecule has 3 heterocycles. The molecule has 4 atom stereocenters. The first kappa shape index (κ1) is 21.3. The van der Waals surface area contributed by atoms with Crippen LogP contribution in [0.4, 0.5) is 23.4 Å². The summed E-state index contributed by atoms with van der Waals surface area (Å²) in [6, 6.07) is 4.63. The van der Waals surface area contributed by atoms with E-state index < -0.39 is 17.6 Å². The van der Waals surface area contributed by atoms with Crippen molar-refractivity contribution < 1.29 is 22.4 Å². The number of para-hydroxylation sites is 1. The average molecular weight is 493 g/mol. The van der Waals surface area contributed by atoms with E-state index in [0.717, 1.165) is 29.9 Å². The Hall–Kier alpha value is -3.21. The van der Waals surface area contributed by atoms with Gasteiger partial charge in [0.25, 0.3) is 5.91 Å². The number of nitrogens with one attached hydrogen (secondary N) is 1. The van der Waals surface area contributed by atoms with Gasteiger partial charge in [0.1, 0.15) is 11.5 Å². The van der Waals surface area contributed by atoms with Crippen molar-refractivity contribution in [2.45, 2.75) is 31.1 Å². The highest BCUT2D eigenvalue weighted by molar-refractivity contribution is 6.33. The van der Waals surface area contributed by atoms with Gasteiger partial charge in [-0.15, -0.1) is 4.80 Å². The molecule has 1 aromatic carbocycles. The van der Waals surface area contributed by atoms with Gasteiger partial charge in [0.05, 0.1) is 34.6 Å². The van der Waals surface area contributed by atoms with E-state index in [4.69, 9.17) is 11.6 Å². The lowest BCUT2D eigenvalue weighted by molar-refractivity contribution is -0.137. The fourth-order valence-corrected chi connectivity index (χ4v) is 5.83. The van der Waals surface area contributed by atoms with Crippen LogP contribution in [0.15, 0.2) is 42.9 Å². The first-order chi connectivity index (χ1) is 16.2. The van der Waals surface area contributed by atoms with Crippen molar-refractivity contribution in [1.29, 1.82) is 0 Å². The number of pyridine rings is 1. The standard InChI is InChI=1S/C22H17ClF4N6O/c23-14-6-11(22(25,26)27)9-28-19(14)31-16-8-21-7-12(21)10-32(18(16)21)20(34)13-2-1-3-15(24)17(13)33-29-4-5-30-33/h1-6,9,12,16,18H,7-8,10H2,(H,28,31). The molecule has 1 N–H and O–H groups in total. The number of halogens is 5. The van der Waals surface area contributed by atoms with Crippen LogP contribution in [0.5, 0.6) is 0 Å². The molecule has 34 heavy (non-hydrogen) atoms. The monoisotopic (exact) mass is 492 g/mol. The van der Waals surface area contributed by atoms with Gasteiger partial charge >= 0.3 is 6.18 Å². The van der Waals surface area contributed by atoms with E-state index in [1.54, 1.807) is 4.90 Å². The summed E-state index contributed by atoms with van der Waals surface area (Å²) in [5.74, 6) is -0.486. The maximum Gasteiger partial charge on any atom is 0.417 e. The number of rotatable bonds is 4. The molecule has 6 rings (SSSR count). The fourth-order valence-electron chi connectivity index (χ4n) is 5.61. The normalized spacial score (nSPS) is 27.1. The second-order valence-corrected chi connectivity index (χ2v) is 9.41. The van der Waals surface area contributed by atoms with Gasteiger partial charge in [0.15, 0.2) is 5.82 Å². The lowest BCUT2D eigenvalue weighted by Gasteiger charge is -2.48. The van der Waals surface area contributed by atoms with Crippen LogP contribution < -0.4 is 5.32 Å². The third-order valence-corrected chi connectivity index (χ3v) is 7.48. The van der Waals surface area contributed by atoms with Crippen LogP contribution in [0, 0.1) is 17.2 Å². The molecule has 176 valence electrons. The average Bonchev–Trinajstić information content (AvgIpc) is 3.14. The number of hydrogen-bond acceptors (Lipinski definition) is 5. The van der Waals surface area contributed by atoms with Crippen molar-refractivity contribution in [2.24, 2.45) is 11.3 Å². The van der Waals surface area contributed by atoms with Crippen molar-refractivity contribution in [3.63, 3.8) is 0 Å². The molecule has 4 unspecified atom stereocenters. The molecule has 2 saturated carbocycles. The number of aromatic nitrogens is 4. The van der Waals surface area contributed by atoms with Gasteiger partial charge in [-0.25, -0.2) is 9.37 Å². The Balaban J connectivity index is 1.28. The molecule has 3 fully saturated rings. The van der Waals surface area contributed by atoms with Gasteiger partial charge < -0.3 is 10.2 Å². The second kappa shape index (κ2) is 7.14. The Morgan fingerprint density at radius 3 is 2.68 bits per heavy atom. The third kappa shape index (κ3) is 3.09. The topological polar surface area (TPSA) is 75.9 Å². The van der Waals surface area contributed by atoms with Crippen LogP contribution in [0.2, 0.25) is 5.02 Å². The van der Waals surface area contributed by atoms with Crippen LogP contribution in [0.1, 0.15) is 28.8 Å². The maximum absolute atomic E-state index is 14.7. The minimum Gasteiger partial charge on any atom is -0.364 e. The molecule has 3 aromatic rings. The van der Waals surface area contributed by atoms with E-state index in [1.807, 2.05) is 0 Å². The number of carbonyl (C=O) groups is 1. The quantitative estimate of drug-likeness (QED) is 0.553. The van der Waals surface area contributed by atoms with E-state index >= 15 is 0 Å². The molecule has 1 spiro atoms. The number of benzene rings is 1. The van der Waals surface area contributed by atoms with Crippen molar-refractivity contribution >= 4 is 23.3 Å². The SMILES string of the molecule is O=C(c1cccc(F)c1-n1nccn1)N1CC2CC23CC(Nc2ncc(C(F)(F)F)cc2Cl)C13. The molecule has 12 heteroatoms. The van der Waals surface area contributed by atoms with Crippen molar-refractivity contribution in [3.8, 4) is 5.69 Å². The van der Waals surface area contributed by atoms with E-state index in [0.29, 0.717) is 12.5 Å². The zero-order chi connectivity index (χ0) is 23.8. The number of nitrogens with zero attached hydrogens (tertiary/aromatic N) is 5. The number of alkyl halides is 3. The molecular formula is C22H17ClF4N6O. The molecule has 3 aliphatic rings. The maximum atomic E-state index is 14.7. The van der Waals surface area contributed by atoms with E-state index in [-0.39, 0.29) is 45.5 Å². The van der Waals surface area contributed by atoms with Gasteiger partial charge in [0, 0.05) is 18.8 Å². The Bertz CT molecular complexity index is 1300. The predicted molar refractivity (Wildman–Crippen MR) is 113 cm³/mol. The minimum atomic E-state index is -4.54. The lowest BCUT2D eigenvalue weighted by atomic mass is 9.71. The lowest BCUT2D eigenvalue weighted by Crippen LogP contribution is -2.60. The molecular weight excluding hydrogens is 476 g/mol. The largest absolute Gasteiger partial charge is 0.417 e. The van der Waals surface area contributed by atoms with Crippen molar-refractivity contribution in [3.05, 3.63) is 64.8 Å². The summed E-state index contributed by atoms with van der Waals surface area (Å²) in [6.07, 6.45) is 0.709. The number of carbonyl (C=O) groups excluding carboxylic acids is 1. The highest BCUT2D eigenvalue weighted by atomic mass is 35.5. The summed E-state index contributed by atoms with van der Waals surface area (Å²) >= 11 is 6.07. The number of hydrogen-bond donors (Lipinski definition) is 1. The highest BCUT2D eigenvalue weighted by Crippen LogP contribution is 2.71. The Kier molecular flexibility index (Phi) is 4.48. The minimum absolute atomic E-state index is 0.0246. The summed E-state index contributed by atoms with van der Waals surface area (Å²) in [5, 5.41) is 10.9. The van der Waals surface area contributed by atoms with Crippen molar-refractivity contribution in [2.75, 3.05) is 11.9 Å². The van der Waals surface area contributed by atoms with Crippen molar-refractivity contribution in [1.82, 2.24) is 24.9 Å². The Labute approximate surface area is 195 Å². The predicted octanol–water partition coefficient (Wildman–Crippen LogP) is 4.19. The summed E-state index contributed by atoms with van der Waals surface area (Å²) in [7, 11) is 0. The Morgan fingerprint density at radius 2 is 1.97 bits per heavy atom. The smallest absolute Gasteiger partial charge is 0.364 e. The molecule has 2 aliphatic carbocycles. The van der Waals surface area contributed by atoms with E-state index in [9.17, 15) is 22.4 Å². The van der Waals surface area contributed by atoms with Gasteiger partial charge in [-0.05, 0) is 42.4 Å². The van der Waals surface area contributed by atoms with Crippen LogP contribution >= 0.6 is 11.6 Å². The summed E-state index contributed by atoms with van der Waals surface area (Å²) in [5.41, 5.74) is -0.838. The van der Waals surface area contributed by atoms with Gasteiger partial charge in [-0.3, -0.25) is 4.79 Å². The molecule has 0 bridgehead atoms. The zero-order valence-corrected chi connectivity index (χ0v) is 18.2. The summed E-state index contributed by atoms with van der Waals surface area (Å²) in [6.45, 7) is 0.526. The highest BCUT2D eigenvalue weighted by Gasteiger charge is 2.75. The van der Waals surface area contributed by atoms with E-state index in [1.165, 1.54) is 30.6 Å². The van der Waals surface area contributed by atoms with Crippen LogP contribution in [0.3, 0.4) is 0 Å². The van der Waals surface area contributed by atoms with Gasteiger partial charge in [-0.2, -0.15) is 23.4 Å². The van der Waals surface area contributed by atoms with E-state index in [2.05, 4.69) is 20.5 Å². The van der Waals surface area contributed by atoms with Crippen LogP contribution in [-0.4, -0.2) is 49.4 Å². The molecule has 0 radical (unpaired) electrons. The number of piperidine rings is 1. The molecule has 1 aliphatic heterocycles. The Morgan fingerprint density at radius 1 is 1.21 bits per heavy atom. The van der Waals surface area contributed by atoms with Crippen LogP contribution in [0.25, 0.3) is 5.69 Å².